The van der Waals surface area contributed by atoms with E-state index in [9.17, 15) is 4.79 Å². The molecule has 2 aliphatic rings. The summed E-state index contributed by atoms with van der Waals surface area (Å²) in [5.74, 6) is 1.72. The molecule has 2 saturated heterocycles. The second kappa shape index (κ2) is 11.1. The number of rotatable bonds is 5. The summed E-state index contributed by atoms with van der Waals surface area (Å²) in [7, 11) is 0. The van der Waals surface area contributed by atoms with Crippen molar-refractivity contribution in [2.45, 2.75) is 6.92 Å². The summed E-state index contributed by atoms with van der Waals surface area (Å²) in [5.41, 5.74) is 10.1. The van der Waals surface area contributed by atoms with Gasteiger partial charge < -0.3 is 19.6 Å². The maximum Gasteiger partial charge on any atom is 0.336 e. The summed E-state index contributed by atoms with van der Waals surface area (Å²) in [6.07, 6.45) is 0. The number of urea groups is 1. The molecule has 3 aromatic carbocycles. The number of amides is 2. The lowest BCUT2D eigenvalue weighted by Crippen LogP contribution is -2.53. The Labute approximate surface area is 229 Å². The summed E-state index contributed by atoms with van der Waals surface area (Å²) >= 11 is 0. The third kappa shape index (κ3) is 5.52. The lowest BCUT2D eigenvalue weighted by atomic mass is 10.2. The van der Waals surface area contributed by atoms with E-state index in [1.54, 1.807) is 0 Å². The first-order chi connectivity index (χ1) is 19.1. The number of carbonyl (C=O) groups is 1. The van der Waals surface area contributed by atoms with E-state index in [0.717, 1.165) is 54.5 Å². The van der Waals surface area contributed by atoms with E-state index in [1.807, 2.05) is 42.2 Å². The highest BCUT2D eigenvalue weighted by atomic mass is 16.2. The fraction of sp³-hybridized carbons (Fsp3) is 0.300. The van der Waals surface area contributed by atoms with Crippen molar-refractivity contribution in [1.82, 2.24) is 20.3 Å². The molecule has 6 rings (SSSR count). The van der Waals surface area contributed by atoms with E-state index in [1.165, 1.54) is 11.3 Å². The number of piperazine rings is 2. The average molecular weight is 523 g/mol. The first kappa shape index (κ1) is 24.8. The smallest absolute Gasteiger partial charge is 0.336 e. The summed E-state index contributed by atoms with van der Waals surface area (Å²) in [4.78, 5) is 31.6. The first-order valence-electron chi connectivity index (χ1n) is 13.6. The Balaban J connectivity index is 1.12. The summed E-state index contributed by atoms with van der Waals surface area (Å²) in [6.45, 7) is 8.29. The number of aryl methyl sites for hydroxylation is 1. The van der Waals surface area contributed by atoms with E-state index in [-0.39, 0.29) is 6.03 Å². The van der Waals surface area contributed by atoms with Crippen molar-refractivity contribution in [2.75, 3.05) is 72.5 Å². The van der Waals surface area contributed by atoms with Gasteiger partial charge in [0.05, 0.1) is 11.2 Å². The van der Waals surface area contributed by atoms with Gasteiger partial charge in [-0.15, -0.1) is 0 Å². The number of benzene rings is 3. The molecule has 0 unspecified atom stereocenters. The number of nitrogens with one attached hydrogen (secondary N) is 2. The Morgan fingerprint density at radius 2 is 1.33 bits per heavy atom. The topological polar surface area (TPSA) is 79.9 Å². The Bertz CT molecular complexity index is 1410. The molecule has 9 heteroatoms. The lowest BCUT2D eigenvalue weighted by molar-refractivity contribution is 0.196. The molecular weight excluding hydrogens is 488 g/mol. The Morgan fingerprint density at radius 1 is 0.692 bits per heavy atom. The van der Waals surface area contributed by atoms with Crippen molar-refractivity contribution < 1.29 is 4.79 Å². The number of hydrazine groups is 1. The lowest BCUT2D eigenvalue weighted by Gasteiger charge is -2.38. The van der Waals surface area contributed by atoms with Crippen LogP contribution in [0.25, 0.3) is 10.9 Å². The number of hydrogen-bond acceptors (Lipinski definition) is 7. The van der Waals surface area contributed by atoms with E-state index in [0.29, 0.717) is 26.2 Å². The molecule has 0 spiro atoms. The maximum absolute atomic E-state index is 12.7. The molecule has 0 atom stereocenters. The van der Waals surface area contributed by atoms with Gasteiger partial charge in [0, 0.05) is 63.4 Å². The Hall–Kier alpha value is -4.53. The first-order valence-corrected chi connectivity index (χ1v) is 13.6. The van der Waals surface area contributed by atoms with Crippen LogP contribution < -0.4 is 25.6 Å². The molecular formula is C30H34N8O. The van der Waals surface area contributed by atoms with Crippen molar-refractivity contribution >= 4 is 40.1 Å². The monoisotopic (exact) mass is 522 g/mol. The van der Waals surface area contributed by atoms with Gasteiger partial charge in [0.2, 0.25) is 5.95 Å². The molecule has 2 amide bonds. The van der Waals surface area contributed by atoms with Gasteiger partial charge in [-0.05, 0) is 43.3 Å². The molecule has 39 heavy (non-hydrogen) atoms. The summed E-state index contributed by atoms with van der Waals surface area (Å²) in [6, 6.07) is 26.6. The summed E-state index contributed by atoms with van der Waals surface area (Å²) in [5, 5.41) is 1.08. The third-order valence-electron chi connectivity index (χ3n) is 7.49. The molecule has 0 bridgehead atoms. The quantitative estimate of drug-likeness (QED) is 0.382. The second-order valence-electron chi connectivity index (χ2n) is 10.1. The van der Waals surface area contributed by atoms with Crippen molar-refractivity contribution in [2.24, 2.45) is 0 Å². The van der Waals surface area contributed by atoms with E-state index >= 15 is 0 Å². The predicted octanol–water partition coefficient (Wildman–Crippen LogP) is 4.12. The normalized spacial score (nSPS) is 15.9. The van der Waals surface area contributed by atoms with Gasteiger partial charge in [-0.3, -0.25) is 10.9 Å². The Kier molecular flexibility index (Phi) is 7.03. The highest BCUT2D eigenvalue weighted by Gasteiger charge is 2.26. The van der Waals surface area contributed by atoms with Crippen LogP contribution in [0.1, 0.15) is 5.56 Å². The fourth-order valence-electron chi connectivity index (χ4n) is 5.20. The second-order valence-corrected chi connectivity index (χ2v) is 10.1. The average Bonchev–Trinajstić information content (AvgIpc) is 3.01. The van der Waals surface area contributed by atoms with Crippen LogP contribution in [-0.4, -0.2) is 73.3 Å². The molecule has 1 aromatic heterocycles. The van der Waals surface area contributed by atoms with E-state index < -0.39 is 0 Å². The SMILES string of the molecule is Cc1ccc(NNC(=O)N2CCN(c3nc(N4CCN(c5ccccc5)CC4)c4ccccc4n3)CC2)cc1. The standard InChI is InChI=1S/C30H34N8O/c1-23-11-13-24(14-12-23)33-34-30(39)38-21-19-37(20-22-38)29-31-27-10-6-5-9-26(27)28(32-29)36-17-15-35(16-18-36)25-7-3-2-4-8-25/h2-14,33H,15-22H2,1H3,(H,34,39). The third-order valence-corrected chi connectivity index (χ3v) is 7.49. The predicted molar refractivity (Wildman–Crippen MR) is 158 cm³/mol. The zero-order chi connectivity index (χ0) is 26.6. The number of anilines is 4. The number of fused-ring (bicyclic) bond motifs is 1. The van der Waals surface area contributed by atoms with Gasteiger partial charge in [-0.2, -0.15) is 4.98 Å². The van der Waals surface area contributed by atoms with E-state index in [2.05, 4.69) is 74.1 Å². The Morgan fingerprint density at radius 3 is 2.08 bits per heavy atom. The van der Waals surface area contributed by atoms with Gasteiger partial charge in [0.1, 0.15) is 5.82 Å². The summed E-state index contributed by atoms with van der Waals surface area (Å²) < 4.78 is 0. The van der Waals surface area contributed by atoms with E-state index in [4.69, 9.17) is 9.97 Å². The van der Waals surface area contributed by atoms with Crippen molar-refractivity contribution in [3.63, 3.8) is 0 Å². The molecule has 2 aliphatic heterocycles. The van der Waals surface area contributed by atoms with Crippen molar-refractivity contribution in [1.29, 1.82) is 0 Å². The zero-order valence-electron chi connectivity index (χ0n) is 22.3. The van der Waals surface area contributed by atoms with Crippen LogP contribution in [0.2, 0.25) is 0 Å². The molecule has 0 saturated carbocycles. The maximum atomic E-state index is 12.7. The zero-order valence-corrected chi connectivity index (χ0v) is 22.3. The number of nitrogens with zero attached hydrogens (tertiary/aromatic N) is 6. The molecule has 3 heterocycles. The molecule has 2 fully saturated rings. The molecule has 0 aliphatic carbocycles. The highest BCUT2D eigenvalue weighted by molar-refractivity contribution is 5.90. The van der Waals surface area contributed by atoms with Crippen LogP contribution in [0.15, 0.2) is 78.9 Å². The fourth-order valence-corrected chi connectivity index (χ4v) is 5.20. The van der Waals surface area contributed by atoms with Gasteiger partial charge in [-0.25, -0.2) is 9.78 Å². The van der Waals surface area contributed by atoms with Crippen LogP contribution in [0.3, 0.4) is 0 Å². The number of para-hydroxylation sites is 2. The van der Waals surface area contributed by atoms with Crippen molar-refractivity contribution in [3.8, 4) is 0 Å². The van der Waals surface area contributed by atoms with Crippen LogP contribution >= 0.6 is 0 Å². The van der Waals surface area contributed by atoms with Crippen LogP contribution in [0.4, 0.5) is 27.9 Å². The minimum Gasteiger partial charge on any atom is -0.368 e. The van der Waals surface area contributed by atoms with Gasteiger partial charge in [-0.1, -0.05) is 48.0 Å². The molecule has 4 aromatic rings. The molecule has 200 valence electrons. The minimum atomic E-state index is -0.133. The number of carbonyl (C=O) groups excluding carboxylic acids is 1. The van der Waals surface area contributed by atoms with Gasteiger partial charge in [0.25, 0.3) is 0 Å². The van der Waals surface area contributed by atoms with Gasteiger partial charge in [0.15, 0.2) is 0 Å². The number of hydrogen-bond donors (Lipinski definition) is 2. The minimum absolute atomic E-state index is 0.133. The van der Waals surface area contributed by atoms with Crippen LogP contribution in [0.5, 0.6) is 0 Å². The molecule has 0 radical (unpaired) electrons. The van der Waals surface area contributed by atoms with Gasteiger partial charge >= 0.3 is 6.03 Å². The highest BCUT2D eigenvalue weighted by Crippen LogP contribution is 2.28. The molecule has 9 nitrogen and oxygen atoms in total. The van der Waals surface area contributed by atoms with Crippen LogP contribution in [0, 0.1) is 6.92 Å². The largest absolute Gasteiger partial charge is 0.368 e. The molecule has 2 N–H and O–H groups in total. The number of aromatic nitrogens is 2. The van der Waals surface area contributed by atoms with Crippen molar-refractivity contribution in [3.05, 3.63) is 84.4 Å². The van der Waals surface area contributed by atoms with Crippen LogP contribution in [-0.2, 0) is 0 Å².